The van der Waals surface area contributed by atoms with E-state index in [0.717, 1.165) is 11.8 Å². The summed E-state index contributed by atoms with van der Waals surface area (Å²) in [5.74, 6) is 1.90. The standard InChI is InChI=1S/C9H20/c1-5-8(4)9(6-2)7-3/h8-9H,5-7H2,1-4H3/t8-/m0/s1. The minimum Gasteiger partial charge on any atom is -0.0651 e. The molecule has 0 saturated carbocycles. The molecule has 0 nitrogen and oxygen atoms in total. The second kappa shape index (κ2) is 4.84. The van der Waals surface area contributed by atoms with E-state index >= 15 is 0 Å². The Labute approximate surface area is 59.7 Å². The molecule has 0 heteroatoms. The Kier molecular flexibility index (Phi) is 4.84. The van der Waals surface area contributed by atoms with Crippen molar-refractivity contribution in [2.24, 2.45) is 11.8 Å². The van der Waals surface area contributed by atoms with Crippen LogP contribution in [0.5, 0.6) is 0 Å². The molecule has 0 aliphatic rings. The van der Waals surface area contributed by atoms with Crippen molar-refractivity contribution in [2.45, 2.75) is 47.0 Å². The number of hydrogen-bond donors (Lipinski definition) is 0. The lowest BCUT2D eigenvalue weighted by atomic mass is 9.88. The third kappa shape index (κ3) is 2.88. The maximum Gasteiger partial charge on any atom is -0.0394 e. The van der Waals surface area contributed by atoms with Gasteiger partial charge in [0.1, 0.15) is 0 Å². The van der Waals surface area contributed by atoms with Crippen LogP contribution in [0.2, 0.25) is 0 Å². The van der Waals surface area contributed by atoms with E-state index in [-0.39, 0.29) is 0 Å². The Balaban J connectivity index is 3.50. The van der Waals surface area contributed by atoms with Gasteiger partial charge in [-0.05, 0) is 11.8 Å². The lowest BCUT2D eigenvalue weighted by Gasteiger charge is -2.18. The molecule has 0 aromatic heterocycles. The van der Waals surface area contributed by atoms with Gasteiger partial charge in [0.25, 0.3) is 0 Å². The average molecular weight is 128 g/mol. The normalized spacial score (nSPS) is 14.3. The Morgan fingerprint density at radius 1 is 0.889 bits per heavy atom. The van der Waals surface area contributed by atoms with Crippen molar-refractivity contribution >= 4 is 0 Å². The van der Waals surface area contributed by atoms with Crippen LogP contribution >= 0.6 is 0 Å². The van der Waals surface area contributed by atoms with Crippen molar-refractivity contribution in [3.05, 3.63) is 0 Å². The Morgan fingerprint density at radius 2 is 1.33 bits per heavy atom. The fourth-order valence-electron chi connectivity index (χ4n) is 1.43. The van der Waals surface area contributed by atoms with Gasteiger partial charge in [-0.25, -0.2) is 0 Å². The molecule has 0 amide bonds. The molecule has 0 aromatic carbocycles. The fraction of sp³-hybridized carbons (Fsp3) is 1.00. The van der Waals surface area contributed by atoms with Gasteiger partial charge in [0.05, 0.1) is 0 Å². The highest BCUT2D eigenvalue weighted by Crippen LogP contribution is 2.21. The maximum absolute atomic E-state index is 2.36. The smallest absolute Gasteiger partial charge is 0.0394 e. The highest BCUT2D eigenvalue weighted by Gasteiger charge is 2.09. The summed E-state index contributed by atoms with van der Waals surface area (Å²) >= 11 is 0. The van der Waals surface area contributed by atoms with Gasteiger partial charge < -0.3 is 0 Å². The van der Waals surface area contributed by atoms with Gasteiger partial charge >= 0.3 is 0 Å². The van der Waals surface area contributed by atoms with Crippen LogP contribution in [0.3, 0.4) is 0 Å². The van der Waals surface area contributed by atoms with Crippen molar-refractivity contribution in [3.63, 3.8) is 0 Å². The second-order valence-corrected chi connectivity index (χ2v) is 2.96. The van der Waals surface area contributed by atoms with E-state index in [0.29, 0.717) is 0 Å². The topological polar surface area (TPSA) is 0 Å². The molecule has 1 atom stereocenters. The van der Waals surface area contributed by atoms with E-state index in [1.54, 1.807) is 0 Å². The summed E-state index contributed by atoms with van der Waals surface area (Å²) in [5, 5.41) is 0. The lowest BCUT2D eigenvalue weighted by molar-refractivity contribution is 0.328. The highest BCUT2D eigenvalue weighted by molar-refractivity contribution is 4.60. The van der Waals surface area contributed by atoms with Crippen LogP contribution in [-0.2, 0) is 0 Å². The zero-order valence-corrected chi connectivity index (χ0v) is 7.28. The van der Waals surface area contributed by atoms with E-state index in [1.165, 1.54) is 19.3 Å². The van der Waals surface area contributed by atoms with Crippen LogP contribution in [0.4, 0.5) is 0 Å². The van der Waals surface area contributed by atoms with E-state index in [1.807, 2.05) is 0 Å². The van der Waals surface area contributed by atoms with Crippen LogP contribution in [0.15, 0.2) is 0 Å². The minimum atomic E-state index is 0.931. The molecule has 0 heterocycles. The summed E-state index contributed by atoms with van der Waals surface area (Å²) in [4.78, 5) is 0. The zero-order valence-electron chi connectivity index (χ0n) is 7.28. The third-order valence-electron chi connectivity index (χ3n) is 2.50. The van der Waals surface area contributed by atoms with Gasteiger partial charge in [-0.3, -0.25) is 0 Å². The Morgan fingerprint density at radius 3 is 1.44 bits per heavy atom. The third-order valence-corrected chi connectivity index (χ3v) is 2.50. The molecular weight excluding hydrogens is 108 g/mol. The van der Waals surface area contributed by atoms with Crippen molar-refractivity contribution in [1.29, 1.82) is 0 Å². The maximum atomic E-state index is 2.36. The van der Waals surface area contributed by atoms with Crippen LogP contribution in [0.1, 0.15) is 47.0 Å². The molecule has 0 unspecified atom stereocenters. The van der Waals surface area contributed by atoms with Gasteiger partial charge in [0, 0.05) is 0 Å². The SMILES string of the molecule is CCC(CC)[C@@H](C)CC. The lowest BCUT2D eigenvalue weighted by Crippen LogP contribution is -2.07. The van der Waals surface area contributed by atoms with Gasteiger partial charge in [0.15, 0.2) is 0 Å². The fourth-order valence-corrected chi connectivity index (χ4v) is 1.43. The largest absolute Gasteiger partial charge is 0.0651 e. The summed E-state index contributed by atoms with van der Waals surface area (Å²) < 4.78 is 0. The van der Waals surface area contributed by atoms with Crippen molar-refractivity contribution in [3.8, 4) is 0 Å². The second-order valence-electron chi connectivity index (χ2n) is 2.96. The van der Waals surface area contributed by atoms with E-state index in [9.17, 15) is 0 Å². The van der Waals surface area contributed by atoms with Crippen LogP contribution in [0.25, 0.3) is 0 Å². The van der Waals surface area contributed by atoms with Gasteiger partial charge in [-0.1, -0.05) is 47.0 Å². The predicted octanol–water partition coefficient (Wildman–Crippen LogP) is 3.47. The molecule has 0 bridgehead atoms. The van der Waals surface area contributed by atoms with Gasteiger partial charge in [-0.15, -0.1) is 0 Å². The molecule has 0 rings (SSSR count). The molecule has 0 aliphatic carbocycles. The Bertz CT molecular complexity index is 53.1. The van der Waals surface area contributed by atoms with Crippen LogP contribution in [-0.4, -0.2) is 0 Å². The summed E-state index contributed by atoms with van der Waals surface area (Å²) in [6.07, 6.45) is 4.04. The molecule has 0 aromatic rings. The molecule has 0 saturated heterocycles. The molecule has 0 radical (unpaired) electrons. The first-order chi connectivity index (χ1) is 4.26. The first kappa shape index (κ1) is 9.00. The summed E-state index contributed by atoms with van der Waals surface area (Å²) in [7, 11) is 0. The predicted molar refractivity (Wildman–Crippen MR) is 43.5 cm³/mol. The van der Waals surface area contributed by atoms with Gasteiger partial charge in [-0.2, -0.15) is 0 Å². The first-order valence-electron chi connectivity index (χ1n) is 4.26. The highest BCUT2D eigenvalue weighted by atomic mass is 14.2. The molecule has 0 spiro atoms. The minimum absolute atomic E-state index is 0.931. The molecule has 0 aliphatic heterocycles. The van der Waals surface area contributed by atoms with E-state index in [4.69, 9.17) is 0 Å². The first-order valence-corrected chi connectivity index (χ1v) is 4.26. The van der Waals surface area contributed by atoms with Crippen LogP contribution in [0, 0.1) is 11.8 Å². The van der Waals surface area contributed by atoms with Crippen molar-refractivity contribution in [2.75, 3.05) is 0 Å². The Hall–Kier alpha value is 0. The number of hydrogen-bond acceptors (Lipinski definition) is 0. The van der Waals surface area contributed by atoms with Gasteiger partial charge in [0.2, 0.25) is 0 Å². The molecule has 56 valence electrons. The molecule has 0 N–H and O–H groups in total. The summed E-state index contributed by atoms with van der Waals surface area (Å²) in [5.41, 5.74) is 0. The van der Waals surface area contributed by atoms with E-state index in [2.05, 4.69) is 27.7 Å². The van der Waals surface area contributed by atoms with Crippen molar-refractivity contribution < 1.29 is 0 Å². The quantitative estimate of drug-likeness (QED) is 0.544. The monoisotopic (exact) mass is 128 g/mol. The molecule has 9 heavy (non-hydrogen) atoms. The summed E-state index contributed by atoms with van der Waals surface area (Å²) in [6, 6.07) is 0. The molecule has 0 fully saturated rings. The van der Waals surface area contributed by atoms with Crippen LogP contribution < -0.4 is 0 Å². The zero-order chi connectivity index (χ0) is 7.28. The van der Waals surface area contributed by atoms with E-state index < -0.39 is 0 Å². The summed E-state index contributed by atoms with van der Waals surface area (Å²) in [6.45, 7) is 9.22. The number of rotatable bonds is 4. The van der Waals surface area contributed by atoms with Crippen molar-refractivity contribution in [1.82, 2.24) is 0 Å². The molecular formula is C9H20. The average Bonchev–Trinajstić information content (AvgIpc) is 1.90.